The van der Waals surface area contributed by atoms with E-state index in [0.717, 1.165) is 41.9 Å². The Morgan fingerprint density at radius 1 is 1.11 bits per heavy atom. The second-order valence-corrected chi connectivity index (χ2v) is 10.3. The summed E-state index contributed by atoms with van der Waals surface area (Å²) >= 11 is 6.56. The highest BCUT2D eigenvalue weighted by Crippen LogP contribution is 2.35. The predicted molar refractivity (Wildman–Crippen MR) is 147 cm³/mol. The van der Waals surface area contributed by atoms with Crippen LogP contribution < -0.4 is 21.0 Å². The van der Waals surface area contributed by atoms with Gasteiger partial charge in [-0.15, -0.1) is 0 Å². The number of aromatic nitrogens is 1. The smallest absolute Gasteiger partial charge is 0.188 e. The van der Waals surface area contributed by atoms with Crippen molar-refractivity contribution in [3.63, 3.8) is 0 Å². The lowest BCUT2D eigenvalue weighted by atomic mass is 9.88. The lowest BCUT2D eigenvalue weighted by molar-refractivity contribution is 0.136. The predicted octanol–water partition coefficient (Wildman–Crippen LogP) is 4.56. The minimum Gasteiger partial charge on any atom is -0.374 e. The molecule has 7 nitrogen and oxygen atoms in total. The maximum absolute atomic E-state index is 12.6. The van der Waals surface area contributed by atoms with Gasteiger partial charge in [-0.3, -0.25) is 10.1 Å². The van der Waals surface area contributed by atoms with Crippen LogP contribution in [-0.4, -0.2) is 54.3 Å². The van der Waals surface area contributed by atoms with Crippen molar-refractivity contribution in [2.45, 2.75) is 78.2 Å². The number of aliphatic hydroxyl groups excluding tert-OH is 1. The molecule has 1 fully saturated rings. The molecule has 1 unspecified atom stereocenters. The monoisotopic (exact) mass is 503 g/mol. The molecule has 1 aromatic carbocycles. The van der Waals surface area contributed by atoms with E-state index in [2.05, 4.69) is 46.4 Å². The van der Waals surface area contributed by atoms with Crippen LogP contribution in [0, 0.1) is 13.8 Å². The topological polar surface area (TPSA) is 83.6 Å². The van der Waals surface area contributed by atoms with Crippen molar-refractivity contribution in [1.82, 2.24) is 15.2 Å². The van der Waals surface area contributed by atoms with Crippen LogP contribution in [0.2, 0.25) is 5.02 Å². The zero-order valence-corrected chi connectivity index (χ0v) is 22.8. The molecule has 3 rings (SSSR count). The highest BCUT2D eigenvalue weighted by Gasteiger charge is 2.28. The Morgan fingerprint density at radius 3 is 2.37 bits per heavy atom. The summed E-state index contributed by atoms with van der Waals surface area (Å²) in [4.78, 5) is 20.6. The van der Waals surface area contributed by atoms with E-state index in [0.29, 0.717) is 35.0 Å². The number of nitrogens with zero attached hydrogens (tertiary/aromatic N) is 2. The number of aryl methyl sites for hydroxylation is 1. The Morgan fingerprint density at radius 2 is 1.77 bits per heavy atom. The average molecular weight is 504 g/mol. The number of nitrogens with one attached hydrogen (secondary N) is 3. The van der Waals surface area contributed by atoms with E-state index in [9.17, 15) is 9.90 Å². The lowest BCUT2D eigenvalue weighted by Crippen LogP contribution is -2.42. The number of benzene rings is 1. The Labute approximate surface area is 214 Å². The Kier molecular flexibility index (Phi) is 9.64. The van der Waals surface area contributed by atoms with Gasteiger partial charge in [0.25, 0.3) is 0 Å². The van der Waals surface area contributed by atoms with Crippen LogP contribution in [0.3, 0.4) is 0 Å². The van der Waals surface area contributed by atoms with Crippen molar-refractivity contribution in [3.05, 3.63) is 55.8 Å². The van der Waals surface area contributed by atoms with E-state index in [1.165, 1.54) is 12.8 Å². The van der Waals surface area contributed by atoms with Gasteiger partial charge in [0.1, 0.15) is 12.0 Å². The molecule has 4 N–H and O–H groups in total. The van der Waals surface area contributed by atoms with Crippen LogP contribution in [-0.2, 0) is 6.54 Å². The number of hydrogen-bond donors (Lipinski definition) is 4. The minimum absolute atomic E-state index is 0.0640. The number of pyridine rings is 1. The Hall–Kier alpha value is -2.06. The molecule has 0 aliphatic heterocycles. The van der Waals surface area contributed by atoms with Gasteiger partial charge in [-0.2, -0.15) is 0 Å². The molecule has 8 heteroatoms. The standard InChI is InChI=1S/C27H42ClN5O2/c1-7-29-26-23(25(34)13-17(3)31-26)16-30-27(35)22-14-19(28)15-24(18(22)4)33(8-2)21-11-9-20(10-12-21)32(5)6/h13-15,20-21,27,30,35H,7-12,16H2,1-6H3,(H2,29,31,34). The van der Waals surface area contributed by atoms with Gasteiger partial charge in [-0.05, 0) is 85.2 Å². The van der Waals surface area contributed by atoms with Gasteiger partial charge in [0.05, 0.1) is 5.56 Å². The molecule has 0 saturated heterocycles. The molecule has 0 bridgehead atoms. The fourth-order valence-electron chi connectivity index (χ4n) is 5.31. The van der Waals surface area contributed by atoms with Crippen LogP contribution in [0.5, 0.6) is 0 Å². The van der Waals surface area contributed by atoms with Crippen LogP contribution >= 0.6 is 11.6 Å². The fraction of sp³-hybridized carbons (Fsp3) is 0.593. The molecule has 0 amide bonds. The minimum atomic E-state index is -0.953. The molecule has 1 atom stereocenters. The first-order valence-corrected chi connectivity index (χ1v) is 13.1. The van der Waals surface area contributed by atoms with Crippen LogP contribution in [0.1, 0.15) is 68.1 Å². The molecule has 2 aromatic rings. The summed E-state index contributed by atoms with van der Waals surface area (Å²) < 4.78 is 0. The Balaban J connectivity index is 1.81. The molecule has 1 heterocycles. The molecule has 1 aliphatic rings. The third-order valence-corrected chi connectivity index (χ3v) is 7.48. The normalized spacial score (nSPS) is 19.1. The summed E-state index contributed by atoms with van der Waals surface area (Å²) in [5.74, 6) is 0.686. The second kappa shape index (κ2) is 12.3. The van der Waals surface area contributed by atoms with E-state index in [1.807, 2.05) is 32.9 Å². The summed E-state index contributed by atoms with van der Waals surface area (Å²) in [5.41, 5.74) is 4.13. The number of rotatable bonds is 10. The van der Waals surface area contributed by atoms with Gasteiger partial charge in [0.15, 0.2) is 5.43 Å². The van der Waals surface area contributed by atoms with Crippen molar-refractivity contribution in [2.24, 2.45) is 0 Å². The average Bonchev–Trinajstić information content (AvgIpc) is 2.81. The van der Waals surface area contributed by atoms with E-state index in [4.69, 9.17) is 11.6 Å². The zero-order chi connectivity index (χ0) is 25.7. The fourth-order valence-corrected chi connectivity index (χ4v) is 5.53. The third kappa shape index (κ3) is 6.58. The van der Waals surface area contributed by atoms with Crippen molar-refractivity contribution in [2.75, 3.05) is 37.4 Å². The first-order chi connectivity index (χ1) is 16.7. The van der Waals surface area contributed by atoms with Crippen molar-refractivity contribution in [1.29, 1.82) is 0 Å². The van der Waals surface area contributed by atoms with E-state index in [-0.39, 0.29) is 12.0 Å². The molecule has 0 radical (unpaired) electrons. The number of aliphatic hydroxyl groups is 1. The summed E-state index contributed by atoms with van der Waals surface area (Å²) in [5, 5.41) is 18.1. The van der Waals surface area contributed by atoms with Gasteiger partial charge in [0.2, 0.25) is 0 Å². The third-order valence-electron chi connectivity index (χ3n) is 7.26. The molecule has 0 spiro atoms. The summed E-state index contributed by atoms with van der Waals surface area (Å²) in [6.45, 7) is 9.86. The first-order valence-electron chi connectivity index (χ1n) is 12.8. The highest BCUT2D eigenvalue weighted by atomic mass is 35.5. The second-order valence-electron chi connectivity index (χ2n) is 9.84. The number of halogens is 1. The first kappa shape index (κ1) is 27.5. The largest absolute Gasteiger partial charge is 0.374 e. The van der Waals surface area contributed by atoms with Gasteiger partial charge in [-0.25, -0.2) is 0 Å². The van der Waals surface area contributed by atoms with Gasteiger partial charge in [0, 0.05) is 59.8 Å². The van der Waals surface area contributed by atoms with E-state index < -0.39 is 6.23 Å². The molecule has 35 heavy (non-hydrogen) atoms. The van der Waals surface area contributed by atoms with Gasteiger partial charge >= 0.3 is 0 Å². The molecule has 194 valence electrons. The molecule has 1 aliphatic carbocycles. The van der Waals surface area contributed by atoms with Crippen LogP contribution in [0.15, 0.2) is 23.0 Å². The quantitative estimate of drug-likeness (QED) is 0.356. The Bertz CT molecular complexity index is 1050. The van der Waals surface area contributed by atoms with E-state index in [1.54, 1.807) is 6.07 Å². The highest BCUT2D eigenvalue weighted by molar-refractivity contribution is 6.31. The maximum atomic E-state index is 12.6. The van der Waals surface area contributed by atoms with Crippen molar-refractivity contribution in [3.8, 4) is 0 Å². The van der Waals surface area contributed by atoms with Crippen molar-refractivity contribution < 1.29 is 5.11 Å². The molecular weight excluding hydrogens is 462 g/mol. The zero-order valence-electron chi connectivity index (χ0n) is 22.0. The number of anilines is 2. The summed E-state index contributed by atoms with van der Waals surface area (Å²) in [7, 11) is 4.33. The summed E-state index contributed by atoms with van der Waals surface area (Å²) in [6.07, 6.45) is 3.70. The number of hydrogen-bond acceptors (Lipinski definition) is 6. The molecular formula is C27H42ClN5O2. The SMILES string of the molecule is CCNc1[nH]c(C)cc(=O)c1CNC(O)c1cc(Cl)cc(N(CC)C2CCC(N(C)C)CC2)c1C. The maximum Gasteiger partial charge on any atom is 0.188 e. The lowest BCUT2D eigenvalue weighted by Gasteiger charge is -2.40. The van der Waals surface area contributed by atoms with Gasteiger partial charge in [-0.1, -0.05) is 11.6 Å². The number of H-pyrrole nitrogens is 1. The number of aromatic amines is 1. The van der Waals surface area contributed by atoms with Crippen LogP contribution in [0.25, 0.3) is 0 Å². The van der Waals surface area contributed by atoms with Gasteiger partial charge < -0.3 is 25.2 Å². The summed E-state index contributed by atoms with van der Waals surface area (Å²) in [6, 6.07) is 6.52. The van der Waals surface area contributed by atoms with Crippen molar-refractivity contribution >= 4 is 23.1 Å². The van der Waals surface area contributed by atoms with Crippen LogP contribution in [0.4, 0.5) is 11.5 Å². The van der Waals surface area contributed by atoms with E-state index >= 15 is 0 Å². The molecule has 1 saturated carbocycles. The molecule has 1 aromatic heterocycles.